The van der Waals surface area contributed by atoms with Crippen LogP contribution in [0.4, 0.5) is 5.69 Å². The molecule has 0 aliphatic heterocycles. The van der Waals surface area contributed by atoms with Crippen molar-refractivity contribution >= 4 is 28.9 Å². The summed E-state index contributed by atoms with van der Waals surface area (Å²) in [5, 5.41) is 4.98. The zero-order valence-electron chi connectivity index (χ0n) is 13.3. The lowest BCUT2D eigenvalue weighted by atomic mass is 10.2. The third-order valence-electron chi connectivity index (χ3n) is 3.15. The highest BCUT2D eigenvalue weighted by atomic mass is 32.1. The summed E-state index contributed by atoms with van der Waals surface area (Å²) in [4.78, 5) is 36.5. The van der Waals surface area contributed by atoms with Crippen molar-refractivity contribution < 1.29 is 14.3 Å². The van der Waals surface area contributed by atoms with Gasteiger partial charge in [-0.1, -0.05) is 6.07 Å². The van der Waals surface area contributed by atoms with Crippen LogP contribution in [0, 0.1) is 0 Å². The minimum atomic E-state index is -0.433. The second-order valence-corrected chi connectivity index (χ2v) is 5.74. The molecule has 0 saturated carbocycles. The molecular formula is C17H14N4O3S. The number of esters is 1. The first-order valence-corrected chi connectivity index (χ1v) is 8.36. The van der Waals surface area contributed by atoms with Crippen LogP contribution in [0.5, 0.6) is 0 Å². The van der Waals surface area contributed by atoms with E-state index in [0.717, 1.165) is 0 Å². The number of nitrogens with zero attached hydrogens (tertiary/aromatic N) is 3. The third kappa shape index (κ3) is 4.04. The van der Waals surface area contributed by atoms with E-state index in [1.165, 1.54) is 11.3 Å². The van der Waals surface area contributed by atoms with Gasteiger partial charge in [-0.15, -0.1) is 11.3 Å². The molecule has 1 N–H and O–H groups in total. The normalized spacial score (nSPS) is 10.3. The van der Waals surface area contributed by atoms with Crippen LogP contribution in [0.2, 0.25) is 0 Å². The van der Waals surface area contributed by atoms with Crippen molar-refractivity contribution in [3.63, 3.8) is 0 Å². The molecule has 0 aliphatic rings. The van der Waals surface area contributed by atoms with Crippen molar-refractivity contribution in [3.8, 4) is 10.7 Å². The number of anilines is 1. The number of aromatic nitrogens is 3. The highest BCUT2D eigenvalue weighted by Gasteiger charge is 2.14. The Morgan fingerprint density at radius 1 is 1.28 bits per heavy atom. The van der Waals surface area contributed by atoms with Crippen molar-refractivity contribution in [2.24, 2.45) is 0 Å². The Morgan fingerprint density at radius 3 is 2.92 bits per heavy atom. The number of amides is 1. The van der Waals surface area contributed by atoms with E-state index < -0.39 is 5.97 Å². The van der Waals surface area contributed by atoms with Gasteiger partial charge in [0.15, 0.2) is 0 Å². The Kier molecular flexibility index (Phi) is 5.10. The lowest BCUT2D eigenvalue weighted by Gasteiger charge is -2.06. The van der Waals surface area contributed by atoms with Gasteiger partial charge < -0.3 is 10.1 Å². The molecule has 0 spiro atoms. The Morgan fingerprint density at radius 2 is 2.16 bits per heavy atom. The van der Waals surface area contributed by atoms with Crippen LogP contribution in [0.3, 0.4) is 0 Å². The van der Waals surface area contributed by atoms with E-state index in [4.69, 9.17) is 4.74 Å². The quantitative estimate of drug-likeness (QED) is 0.708. The molecule has 0 saturated heterocycles. The standard InChI is InChI=1S/C17H14N4O3S/c1-2-24-17(23)11-4-3-5-12(8-11)20-15(22)14-10-25-16(21-14)13-9-18-6-7-19-13/h3-10H,2H2,1H3,(H,20,22). The third-order valence-corrected chi connectivity index (χ3v) is 4.02. The maximum Gasteiger partial charge on any atom is 0.338 e. The Hall–Kier alpha value is -3.13. The van der Waals surface area contributed by atoms with Gasteiger partial charge in [0.1, 0.15) is 16.4 Å². The Labute approximate surface area is 147 Å². The molecule has 0 unspecified atom stereocenters. The molecule has 3 rings (SSSR count). The number of carbonyl (C=O) groups is 2. The topological polar surface area (TPSA) is 94.1 Å². The molecule has 126 valence electrons. The van der Waals surface area contributed by atoms with E-state index >= 15 is 0 Å². The monoisotopic (exact) mass is 354 g/mol. The summed E-state index contributed by atoms with van der Waals surface area (Å²) in [6.45, 7) is 2.03. The average molecular weight is 354 g/mol. The summed E-state index contributed by atoms with van der Waals surface area (Å²) in [7, 11) is 0. The Balaban J connectivity index is 1.74. The van der Waals surface area contributed by atoms with Crippen LogP contribution in [-0.2, 0) is 4.74 Å². The molecule has 2 heterocycles. The van der Waals surface area contributed by atoms with Crippen molar-refractivity contribution in [1.29, 1.82) is 0 Å². The molecule has 3 aromatic rings. The maximum atomic E-state index is 12.3. The van der Waals surface area contributed by atoms with Gasteiger partial charge in [0.25, 0.3) is 5.91 Å². The molecule has 25 heavy (non-hydrogen) atoms. The molecule has 1 aromatic carbocycles. The number of carbonyl (C=O) groups excluding carboxylic acids is 2. The van der Waals surface area contributed by atoms with Crippen LogP contribution >= 0.6 is 11.3 Å². The summed E-state index contributed by atoms with van der Waals surface area (Å²) in [6.07, 6.45) is 4.72. The lowest BCUT2D eigenvalue weighted by molar-refractivity contribution is 0.0526. The predicted octanol–water partition coefficient (Wildman–Crippen LogP) is 3.03. The van der Waals surface area contributed by atoms with Crippen molar-refractivity contribution in [2.75, 3.05) is 11.9 Å². The number of thiazole rings is 1. The highest BCUT2D eigenvalue weighted by Crippen LogP contribution is 2.21. The van der Waals surface area contributed by atoms with Crippen LogP contribution in [0.25, 0.3) is 10.7 Å². The fraction of sp³-hybridized carbons (Fsp3) is 0.118. The van der Waals surface area contributed by atoms with Crippen molar-refractivity contribution in [3.05, 3.63) is 59.5 Å². The number of rotatable bonds is 5. The molecule has 0 aliphatic carbocycles. The van der Waals surface area contributed by atoms with Gasteiger partial charge in [-0.05, 0) is 25.1 Å². The average Bonchev–Trinajstić information content (AvgIpc) is 3.13. The first kappa shape index (κ1) is 16.7. The number of hydrogen-bond donors (Lipinski definition) is 1. The van der Waals surface area contributed by atoms with Gasteiger partial charge in [0, 0.05) is 23.5 Å². The van der Waals surface area contributed by atoms with Gasteiger partial charge in [-0.2, -0.15) is 0 Å². The summed E-state index contributed by atoms with van der Waals surface area (Å²) in [6, 6.07) is 6.55. The largest absolute Gasteiger partial charge is 0.462 e. The minimum Gasteiger partial charge on any atom is -0.462 e. The highest BCUT2D eigenvalue weighted by molar-refractivity contribution is 7.13. The SMILES string of the molecule is CCOC(=O)c1cccc(NC(=O)c2csc(-c3cnccn3)n2)c1. The number of hydrogen-bond acceptors (Lipinski definition) is 7. The number of ether oxygens (including phenoxy) is 1. The van der Waals surface area contributed by atoms with E-state index in [0.29, 0.717) is 28.6 Å². The summed E-state index contributed by atoms with van der Waals surface area (Å²) < 4.78 is 4.95. The Bertz CT molecular complexity index is 896. The molecule has 2 aromatic heterocycles. The summed E-state index contributed by atoms with van der Waals surface area (Å²) in [5.41, 5.74) is 1.74. The second-order valence-electron chi connectivity index (χ2n) is 4.88. The molecule has 0 bridgehead atoms. The molecule has 0 fully saturated rings. The van der Waals surface area contributed by atoms with Crippen LogP contribution in [-0.4, -0.2) is 33.4 Å². The summed E-state index contributed by atoms with van der Waals surface area (Å²) >= 11 is 1.31. The van der Waals surface area contributed by atoms with E-state index in [1.54, 1.807) is 55.2 Å². The molecule has 8 heteroatoms. The van der Waals surface area contributed by atoms with Gasteiger partial charge in [-0.25, -0.2) is 9.78 Å². The minimum absolute atomic E-state index is 0.271. The molecule has 7 nitrogen and oxygen atoms in total. The lowest BCUT2D eigenvalue weighted by Crippen LogP contribution is -2.13. The van der Waals surface area contributed by atoms with Gasteiger partial charge in [0.05, 0.1) is 18.4 Å². The first-order valence-electron chi connectivity index (χ1n) is 7.48. The zero-order chi connectivity index (χ0) is 17.6. The van der Waals surface area contributed by atoms with Crippen LogP contribution in [0.1, 0.15) is 27.8 Å². The smallest absolute Gasteiger partial charge is 0.338 e. The van der Waals surface area contributed by atoms with Crippen LogP contribution in [0.15, 0.2) is 48.2 Å². The van der Waals surface area contributed by atoms with E-state index in [-0.39, 0.29) is 11.6 Å². The second kappa shape index (κ2) is 7.63. The maximum absolute atomic E-state index is 12.3. The first-order chi connectivity index (χ1) is 12.2. The predicted molar refractivity (Wildman–Crippen MR) is 93.5 cm³/mol. The van der Waals surface area contributed by atoms with Gasteiger partial charge >= 0.3 is 5.97 Å². The number of nitrogens with one attached hydrogen (secondary N) is 1. The summed E-state index contributed by atoms with van der Waals surface area (Å²) in [5.74, 6) is -0.801. The van der Waals surface area contributed by atoms with Crippen molar-refractivity contribution in [2.45, 2.75) is 6.92 Å². The van der Waals surface area contributed by atoms with Gasteiger partial charge in [-0.3, -0.25) is 14.8 Å². The molecular weight excluding hydrogens is 340 g/mol. The van der Waals surface area contributed by atoms with Crippen LogP contribution < -0.4 is 5.32 Å². The van der Waals surface area contributed by atoms with Gasteiger partial charge in [0.2, 0.25) is 0 Å². The fourth-order valence-electron chi connectivity index (χ4n) is 2.04. The van der Waals surface area contributed by atoms with E-state index in [9.17, 15) is 9.59 Å². The molecule has 0 radical (unpaired) electrons. The van der Waals surface area contributed by atoms with E-state index in [2.05, 4.69) is 20.3 Å². The van der Waals surface area contributed by atoms with Crippen molar-refractivity contribution in [1.82, 2.24) is 15.0 Å². The zero-order valence-corrected chi connectivity index (χ0v) is 14.1. The van der Waals surface area contributed by atoms with E-state index in [1.807, 2.05) is 0 Å². The number of benzene rings is 1. The molecule has 1 amide bonds. The fourth-order valence-corrected chi connectivity index (χ4v) is 2.80. The molecule has 0 atom stereocenters.